The first-order valence-electron chi connectivity index (χ1n) is 26.2. The molecular formula is C70H73N. The highest BCUT2D eigenvalue weighted by Crippen LogP contribution is 2.55. The highest BCUT2D eigenvalue weighted by molar-refractivity contribution is 5.93. The summed E-state index contributed by atoms with van der Waals surface area (Å²) in [7, 11) is 0. The average molecular weight is 928 g/mol. The van der Waals surface area contributed by atoms with Gasteiger partial charge in [0.05, 0.1) is 0 Å². The lowest BCUT2D eigenvalue weighted by Gasteiger charge is -2.30. The molecule has 0 aliphatic heterocycles. The summed E-state index contributed by atoms with van der Waals surface area (Å²) in [5, 5.41) is 0. The molecule has 358 valence electrons. The summed E-state index contributed by atoms with van der Waals surface area (Å²) in [6.07, 6.45) is 0. The van der Waals surface area contributed by atoms with Crippen molar-refractivity contribution >= 4 is 17.1 Å². The maximum atomic E-state index is 2.53. The van der Waals surface area contributed by atoms with Crippen molar-refractivity contribution in [1.82, 2.24) is 0 Å². The van der Waals surface area contributed by atoms with Gasteiger partial charge in [-0.2, -0.15) is 0 Å². The number of hydrogen-bond donors (Lipinski definition) is 0. The van der Waals surface area contributed by atoms with Crippen LogP contribution in [0.4, 0.5) is 17.1 Å². The second-order valence-electron chi connectivity index (χ2n) is 26.0. The van der Waals surface area contributed by atoms with Crippen LogP contribution in [0.25, 0.3) is 55.6 Å². The van der Waals surface area contributed by atoms with Crippen molar-refractivity contribution in [3.8, 4) is 55.6 Å². The van der Waals surface area contributed by atoms with Gasteiger partial charge in [0.2, 0.25) is 0 Å². The summed E-state index contributed by atoms with van der Waals surface area (Å²) in [6, 6.07) is 59.6. The van der Waals surface area contributed by atoms with Crippen LogP contribution in [0.3, 0.4) is 0 Å². The summed E-state index contributed by atoms with van der Waals surface area (Å²) in [5.74, 6) is 0. The summed E-state index contributed by atoms with van der Waals surface area (Å²) >= 11 is 0. The van der Waals surface area contributed by atoms with Gasteiger partial charge in [0.15, 0.2) is 0 Å². The van der Waals surface area contributed by atoms with Gasteiger partial charge in [-0.15, -0.1) is 0 Å². The Bertz CT molecular complexity index is 3350. The highest BCUT2D eigenvalue weighted by atomic mass is 15.1. The third-order valence-corrected chi connectivity index (χ3v) is 17.2. The molecule has 11 rings (SSSR count). The van der Waals surface area contributed by atoms with Crippen molar-refractivity contribution in [2.75, 3.05) is 4.90 Å². The van der Waals surface area contributed by atoms with Crippen LogP contribution in [0.1, 0.15) is 159 Å². The number of hydrogen-bond acceptors (Lipinski definition) is 1. The van der Waals surface area contributed by atoms with Gasteiger partial charge < -0.3 is 4.90 Å². The molecule has 0 aromatic heterocycles. The molecule has 0 saturated carbocycles. The molecule has 1 nitrogen and oxygen atoms in total. The molecule has 0 saturated heterocycles. The van der Waals surface area contributed by atoms with Gasteiger partial charge in [-0.05, 0) is 183 Å². The summed E-state index contributed by atoms with van der Waals surface area (Å²) in [5.41, 5.74) is 30.0. The van der Waals surface area contributed by atoms with Crippen molar-refractivity contribution < 1.29 is 0 Å². The van der Waals surface area contributed by atoms with Crippen LogP contribution in [0.5, 0.6) is 0 Å². The molecule has 0 N–H and O–H groups in total. The first-order chi connectivity index (χ1) is 33.3. The first-order valence-corrected chi connectivity index (χ1v) is 26.2. The molecule has 0 atom stereocenters. The van der Waals surface area contributed by atoms with E-state index < -0.39 is 0 Å². The second-order valence-corrected chi connectivity index (χ2v) is 26.0. The van der Waals surface area contributed by atoms with Crippen LogP contribution in [-0.2, 0) is 32.5 Å². The van der Waals surface area contributed by atoms with Crippen LogP contribution in [0.15, 0.2) is 152 Å². The minimum Gasteiger partial charge on any atom is -0.310 e. The van der Waals surface area contributed by atoms with Crippen molar-refractivity contribution in [1.29, 1.82) is 0 Å². The number of anilines is 3. The third-order valence-electron chi connectivity index (χ3n) is 17.2. The molecule has 0 radical (unpaired) electrons. The smallest absolute Gasteiger partial charge is 0.0474 e. The molecule has 71 heavy (non-hydrogen) atoms. The van der Waals surface area contributed by atoms with E-state index in [2.05, 4.69) is 267 Å². The Morgan fingerprint density at radius 2 is 0.648 bits per heavy atom. The molecule has 0 spiro atoms. The largest absolute Gasteiger partial charge is 0.310 e. The monoisotopic (exact) mass is 928 g/mol. The van der Waals surface area contributed by atoms with Gasteiger partial charge in [0.1, 0.15) is 0 Å². The SMILES string of the molecule is Cc1c(-c2ccc3c(c2)C(C)(C)c2cc(C(C)(C)C)ccc2-3)cc(N(c2ccc(C(C)(C)C)cc2)c2ccc3c(c2)C(C)(C)c2ccccc2-3)cc1-c1ccc2c(c1)C(C)(C)c1cc(C(C)(C)C)ccc1-2. The fraction of sp³-hybridized carbons (Fsp3) is 0.314. The summed E-state index contributed by atoms with van der Waals surface area (Å²) < 4.78 is 0. The Hall–Kier alpha value is -6.44. The standard InChI is InChI=1S/C70H73N/c1-42-57(43-21-30-52-54-32-25-46(66(5,6)7)37-62(54)69(13,14)60(52)35-43)39-50(40-58(42)44-22-31-53-55-33-26-47(67(8,9)10)38-63(55)70(15,16)61(53)36-44)71(48-27-23-45(24-28-48)65(2,3)4)49-29-34-56-51-19-17-18-20-59(51)68(11,12)64(56)41-49/h17-41H,1-16H3. The number of nitrogens with zero attached hydrogens (tertiary/aromatic N) is 1. The normalized spacial score (nSPS) is 15.7. The van der Waals surface area contributed by atoms with E-state index in [1.54, 1.807) is 0 Å². The molecule has 8 aromatic carbocycles. The molecule has 0 unspecified atom stereocenters. The van der Waals surface area contributed by atoms with E-state index in [0.29, 0.717) is 0 Å². The zero-order chi connectivity index (χ0) is 50.5. The minimum atomic E-state index is -0.153. The van der Waals surface area contributed by atoms with E-state index in [9.17, 15) is 0 Å². The van der Waals surface area contributed by atoms with Gasteiger partial charge in [-0.3, -0.25) is 0 Å². The average Bonchev–Trinajstić information content (AvgIpc) is 3.79. The van der Waals surface area contributed by atoms with Gasteiger partial charge in [-0.1, -0.05) is 207 Å². The van der Waals surface area contributed by atoms with Crippen molar-refractivity contribution in [3.05, 3.63) is 207 Å². The third kappa shape index (κ3) is 7.31. The predicted molar refractivity (Wildman–Crippen MR) is 306 cm³/mol. The predicted octanol–water partition coefficient (Wildman–Crippen LogP) is 19.6. The Balaban J connectivity index is 1.14. The first kappa shape index (κ1) is 46.9. The van der Waals surface area contributed by atoms with E-state index >= 15 is 0 Å². The van der Waals surface area contributed by atoms with E-state index in [4.69, 9.17) is 0 Å². The van der Waals surface area contributed by atoms with Crippen LogP contribution in [0.2, 0.25) is 0 Å². The molecular weight excluding hydrogens is 855 g/mol. The number of benzene rings is 8. The molecule has 1 heteroatoms. The van der Waals surface area contributed by atoms with Crippen molar-refractivity contribution in [2.24, 2.45) is 0 Å². The number of fused-ring (bicyclic) bond motifs is 9. The second kappa shape index (κ2) is 15.5. The highest BCUT2D eigenvalue weighted by Gasteiger charge is 2.40. The van der Waals surface area contributed by atoms with Crippen LogP contribution in [-0.4, -0.2) is 0 Å². The van der Waals surface area contributed by atoms with E-state index in [1.165, 1.54) is 111 Å². The van der Waals surface area contributed by atoms with Gasteiger partial charge in [0, 0.05) is 33.3 Å². The molecule has 0 bridgehead atoms. The zero-order valence-corrected chi connectivity index (χ0v) is 45.4. The van der Waals surface area contributed by atoms with E-state index in [-0.39, 0.29) is 32.5 Å². The number of rotatable bonds is 5. The van der Waals surface area contributed by atoms with Crippen LogP contribution in [0, 0.1) is 6.92 Å². The van der Waals surface area contributed by atoms with E-state index in [0.717, 1.165) is 17.1 Å². The van der Waals surface area contributed by atoms with Gasteiger partial charge in [-0.25, -0.2) is 0 Å². The summed E-state index contributed by atoms with van der Waals surface area (Å²) in [6.45, 7) is 37.7. The Morgan fingerprint density at radius 1 is 0.296 bits per heavy atom. The zero-order valence-electron chi connectivity index (χ0n) is 45.4. The molecule has 3 aliphatic carbocycles. The molecule has 0 heterocycles. The Labute approximate surface area is 426 Å². The van der Waals surface area contributed by atoms with Crippen molar-refractivity contribution in [3.63, 3.8) is 0 Å². The molecule has 0 amide bonds. The maximum Gasteiger partial charge on any atom is 0.0474 e. The lowest BCUT2D eigenvalue weighted by molar-refractivity contribution is 0.584. The summed E-state index contributed by atoms with van der Waals surface area (Å²) in [4.78, 5) is 2.53. The topological polar surface area (TPSA) is 3.24 Å². The van der Waals surface area contributed by atoms with Crippen LogP contribution >= 0.6 is 0 Å². The Morgan fingerprint density at radius 3 is 1.11 bits per heavy atom. The van der Waals surface area contributed by atoms with E-state index in [1.807, 2.05) is 0 Å². The minimum absolute atomic E-state index is 0.0293. The van der Waals surface area contributed by atoms with Crippen LogP contribution < -0.4 is 4.90 Å². The lowest BCUT2D eigenvalue weighted by atomic mass is 9.78. The van der Waals surface area contributed by atoms with Gasteiger partial charge >= 0.3 is 0 Å². The molecule has 3 aliphatic rings. The quantitative estimate of drug-likeness (QED) is 0.166. The fourth-order valence-corrected chi connectivity index (χ4v) is 12.6. The fourth-order valence-electron chi connectivity index (χ4n) is 12.6. The van der Waals surface area contributed by atoms with Crippen molar-refractivity contribution in [2.45, 2.75) is 143 Å². The maximum absolute atomic E-state index is 2.53. The molecule has 8 aromatic rings. The Kier molecular flexibility index (Phi) is 10.3. The van der Waals surface area contributed by atoms with Gasteiger partial charge in [0.25, 0.3) is 0 Å². The lowest BCUT2D eigenvalue weighted by Crippen LogP contribution is -2.18. The molecule has 0 fully saturated rings.